The third-order valence-corrected chi connectivity index (χ3v) is 4.46. The Balaban J connectivity index is 1.79. The molecule has 0 aliphatic heterocycles. The molecule has 4 aromatic heterocycles. The van der Waals surface area contributed by atoms with Gasteiger partial charge in [0, 0.05) is 18.0 Å². The van der Waals surface area contributed by atoms with Crippen LogP contribution < -0.4 is 9.47 Å². The average molecular weight is 392 g/mol. The number of pyridine rings is 2. The average Bonchev–Trinajstić information content (AvgIpc) is 3.16. The van der Waals surface area contributed by atoms with Crippen molar-refractivity contribution in [3.05, 3.63) is 48.5 Å². The molecule has 4 rings (SSSR count). The summed E-state index contributed by atoms with van der Waals surface area (Å²) < 4.78 is 12.2. The Bertz CT molecular complexity index is 1180. The molecule has 9 heteroatoms. The molecule has 0 aliphatic carbocycles. The van der Waals surface area contributed by atoms with Crippen LogP contribution in [0.3, 0.4) is 0 Å². The zero-order valence-electron chi connectivity index (χ0n) is 16.5. The van der Waals surface area contributed by atoms with E-state index in [1.54, 1.807) is 37.1 Å². The summed E-state index contributed by atoms with van der Waals surface area (Å²) in [6.07, 6.45) is 4.90. The minimum Gasteiger partial charge on any atom is -0.480 e. The highest BCUT2D eigenvalue weighted by Crippen LogP contribution is 2.29. The number of aromatic nitrogens is 6. The number of rotatable bonds is 5. The van der Waals surface area contributed by atoms with Crippen molar-refractivity contribution in [1.29, 1.82) is 0 Å². The monoisotopic (exact) mass is 392 g/mol. The van der Waals surface area contributed by atoms with Crippen LogP contribution in [-0.2, 0) is 5.60 Å². The fraction of sp³-hybridized carbons (Fsp3) is 0.250. The van der Waals surface area contributed by atoms with Gasteiger partial charge in [-0.05, 0) is 32.0 Å². The quantitative estimate of drug-likeness (QED) is 0.552. The van der Waals surface area contributed by atoms with Crippen molar-refractivity contribution in [2.75, 3.05) is 14.2 Å². The number of hydrogen-bond donors (Lipinski definition) is 1. The number of methoxy groups -OCH3 is 2. The normalized spacial score (nSPS) is 11.6. The summed E-state index contributed by atoms with van der Waals surface area (Å²) in [7, 11) is 3.02. The molecule has 0 saturated carbocycles. The van der Waals surface area contributed by atoms with Crippen molar-refractivity contribution in [2.45, 2.75) is 19.4 Å². The predicted molar refractivity (Wildman–Crippen MR) is 106 cm³/mol. The van der Waals surface area contributed by atoms with Crippen LogP contribution in [0.5, 0.6) is 11.9 Å². The van der Waals surface area contributed by atoms with Crippen molar-refractivity contribution in [3.63, 3.8) is 0 Å². The largest absolute Gasteiger partial charge is 0.480 e. The van der Waals surface area contributed by atoms with Gasteiger partial charge in [0.1, 0.15) is 17.7 Å². The zero-order valence-corrected chi connectivity index (χ0v) is 16.5. The van der Waals surface area contributed by atoms with Crippen molar-refractivity contribution in [1.82, 2.24) is 29.5 Å². The standard InChI is InChI=1S/C20H20N6O3/c1-20(2,27)12-8-15-17(21-9-12)26(11-23-15)16-7-5-6-14(24-16)13-10-22-19(29-4)25-18(13)28-3/h5-11,27H,1-4H3. The van der Waals surface area contributed by atoms with Crippen LogP contribution in [0.15, 0.2) is 43.0 Å². The predicted octanol–water partition coefficient (Wildman–Crippen LogP) is 2.52. The van der Waals surface area contributed by atoms with E-state index in [9.17, 15) is 5.11 Å². The van der Waals surface area contributed by atoms with Gasteiger partial charge in [0.15, 0.2) is 5.65 Å². The maximum Gasteiger partial charge on any atom is 0.319 e. The van der Waals surface area contributed by atoms with Gasteiger partial charge in [-0.3, -0.25) is 4.57 Å². The molecule has 0 spiro atoms. The number of fused-ring (bicyclic) bond motifs is 1. The van der Waals surface area contributed by atoms with Gasteiger partial charge < -0.3 is 14.6 Å². The first kappa shape index (κ1) is 18.8. The second-order valence-electron chi connectivity index (χ2n) is 6.90. The Morgan fingerprint density at radius 1 is 1.00 bits per heavy atom. The Morgan fingerprint density at radius 2 is 1.83 bits per heavy atom. The second kappa shape index (κ2) is 7.10. The van der Waals surface area contributed by atoms with E-state index in [1.165, 1.54) is 14.2 Å². The van der Waals surface area contributed by atoms with E-state index < -0.39 is 5.60 Å². The Hall–Kier alpha value is -3.59. The highest BCUT2D eigenvalue weighted by atomic mass is 16.5. The van der Waals surface area contributed by atoms with Gasteiger partial charge in [-0.2, -0.15) is 4.98 Å². The molecule has 0 bridgehead atoms. The van der Waals surface area contributed by atoms with Crippen molar-refractivity contribution >= 4 is 11.2 Å². The van der Waals surface area contributed by atoms with Crippen LogP contribution in [0.4, 0.5) is 0 Å². The van der Waals surface area contributed by atoms with Crippen LogP contribution in [0.2, 0.25) is 0 Å². The van der Waals surface area contributed by atoms with E-state index >= 15 is 0 Å². The summed E-state index contributed by atoms with van der Waals surface area (Å²) >= 11 is 0. The van der Waals surface area contributed by atoms with Crippen molar-refractivity contribution < 1.29 is 14.6 Å². The fourth-order valence-corrected chi connectivity index (χ4v) is 2.89. The molecule has 0 saturated heterocycles. The number of nitrogens with zero attached hydrogens (tertiary/aromatic N) is 6. The zero-order chi connectivity index (χ0) is 20.6. The van der Waals surface area contributed by atoms with Gasteiger partial charge in [-0.25, -0.2) is 19.9 Å². The number of imidazole rings is 1. The topological polar surface area (TPSA) is 108 Å². The number of ether oxygens (including phenoxy) is 2. The number of aliphatic hydroxyl groups is 1. The van der Waals surface area contributed by atoms with Crippen molar-refractivity contribution in [3.8, 4) is 29.0 Å². The van der Waals surface area contributed by atoms with Crippen LogP contribution in [0.25, 0.3) is 28.2 Å². The Kier molecular flexibility index (Phi) is 4.59. The van der Waals surface area contributed by atoms with E-state index in [2.05, 4.69) is 19.9 Å². The first-order chi connectivity index (χ1) is 13.9. The Morgan fingerprint density at radius 3 is 2.55 bits per heavy atom. The molecule has 0 fully saturated rings. The summed E-state index contributed by atoms with van der Waals surface area (Å²) in [5.41, 5.74) is 2.28. The lowest BCUT2D eigenvalue weighted by Gasteiger charge is -2.16. The van der Waals surface area contributed by atoms with E-state index in [-0.39, 0.29) is 6.01 Å². The molecule has 0 aliphatic rings. The van der Waals surface area contributed by atoms with Crippen LogP contribution >= 0.6 is 0 Å². The highest BCUT2D eigenvalue weighted by molar-refractivity contribution is 5.74. The molecule has 148 valence electrons. The molecular weight excluding hydrogens is 372 g/mol. The molecule has 4 heterocycles. The Labute approximate surface area is 167 Å². The third-order valence-electron chi connectivity index (χ3n) is 4.46. The molecule has 0 radical (unpaired) electrons. The van der Waals surface area contributed by atoms with Crippen LogP contribution in [-0.4, -0.2) is 48.8 Å². The SMILES string of the molecule is COc1ncc(-c2cccc(-n3cnc4cc(C(C)(C)O)cnc43)n2)c(OC)n1. The molecule has 0 unspecified atom stereocenters. The van der Waals surface area contributed by atoms with Crippen molar-refractivity contribution in [2.24, 2.45) is 0 Å². The fourth-order valence-electron chi connectivity index (χ4n) is 2.89. The molecule has 0 amide bonds. The first-order valence-electron chi connectivity index (χ1n) is 8.89. The van der Waals surface area contributed by atoms with E-state index in [4.69, 9.17) is 14.5 Å². The first-order valence-corrected chi connectivity index (χ1v) is 8.89. The van der Waals surface area contributed by atoms with Gasteiger partial charge in [-0.15, -0.1) is 0 Å². The maximum absolute atomic E-state index is 10.2. The van der Waals surface area contributed by atoms with Gasteiger partial charge in [0.05, 0.1) is 31.1 Å². The van der Waals surface area contributed by atoms with E-state index in [0.717, 1.165) is 0 Å². The van der Waals surface area contributed by atoms with Crippen LogP contribution in [0, 0.1) is 0 Å². The van der Waals surface area contributed by atoms with E-state index in [1.807, 2.05) is 24.3 Å². The molecule has 4 aromatic rings. The second-order valence-corrected chi connectivity index (χ2v) is 6.90. The summed E-state index contributed by atoms with van der Waals surface area (Å²) in [5, 5.41) is 10.2. The summed E-state index contributed by atoms with van der Waals surface area (Å²) in [5.74, 6) is 0.997. The van der Waals surface area contributed by atoms with E-state index in [0.29, 0.717) is 39.7 Å². The third kappa shape index (κ3) is 3.47. The smallest absolute Gasteiger partial charge is 0.319 e. The summed E-state index contributed by atoms with van der Waals surface area (Å²) in [6, 6.07) is 7.61. The molecule has 9 nitrogen and oxygen atoms in total. The molecule has 0 atom stereocenters. The molecule has 0 aromatic carbocycles. The molecule has 1 N–H and O–H groups in total. The van der Waals surface area contributed by atoms with Gasteiger partial charge >= 0.3 is 6.01 Å². The number of hydrogen-bond acceptors (Lipinski definition) is 8. The molecular formula is C20H20N6O3. The lowest BCUT2D eigenvalue weighted by molar-refractivity contribution is 0.0784. The summed E-state index contributed by atoms with van der Waals surface area (Å²) in [4.78, 5) is 22.0. The lowest BCUT2D eigenvalue weighted by Crippen LogP contribution is -2.15. The van der Waals surface area contributed by atoms with Gasteiger partial charge in [-0.1, -0.05) is 6.07 Å². The lowest BCUT2D eigenvalue weighted by atomic mass is 10.0. The molecule has 29 heavy (non-hydrogen) atoms. The highest BCUT2D eigenvalue weighted by Gasteiger charge is 2.19. The maximum atomic E-state index is 10.2. The minimum atomic E-state index is -0.992. The van der Waals surface area contributed by atoms with Gasteiger partial charge in [0.25, 0.3) is 0 Å². The minimum absolute atomic E-state index is 0.217. The van der Waals surface area contributed by atoms with Gasteiger partial charge in [0.2, 0.25) is 5.88 Å². The van der Waals surface area contributed by atoms with Crippen LogP contribution in [0.1, 0.15) is 19.4 Å². The summed E-state index contributed by atoms with van der Waals surface area (Å²) in [6.45, 7) is 3.42.